The van der Waals surface area contributed by atoms with Crippen molar-refractivity contribution in [1.29, 1.82) is 0 Å². The number of fused-ring (bicyclic) bond motifs is 1. The minimum Gasteiger partial charge on any atom is -0.350 e. The molecule has 0 spiro atoms. The first kappa shape index (κ1) is 19.6. The van der Waals surface area contributed by atoms with Crippen LogP contribution in [0.25, 0.3) is 11.0 Å². The van der Waals surface area contributed by atoms with Crippen LogP contribution in [0.2, 0.25) is 0 Å². The van der Waals surface area contributed by atoms with Crippen LogP contribution in [0, 0.1) is 0 Å². The van der Waals surface area contributed by atoms with E-state index in [1.54, 1.807) is 10.7 Å². The van der Waals surface area contributed by atoms with Crippen molar-refractivity contribution in [3.63, 3.8) is 0 Å². The zero-order valence-electron chi connectivity index (χ0n) is 16.6. The monoisotopic (exact) mass is 415 g/mol. The molecule has 1 unspecified atom stereocenters. The van der Waals surface area contributed by atoms with Crippen LogP contribution in [0.15, 0.2) is 30.3 Å². The van der Waals surface area contributed by atoms with Crippen molar-refractivity contribution in [2.24, 2.45) is 0 Å². The molecule has 3 aromatic rings. The summed E-state index contributed by atoms with van der Waals surface area (Å²) in [6.45, 7) is 4.46. The van der Waals surface area contributed by atoms with Crippen molar-refractivity contribution < 1.29 is 13.2 Å². The molecule has 0 aliphatic carbocycles. The summed E-state index contributed by atoms with van der Waals surface area (Å²) in [6.07, 6.45) is 1.12. The number of imidazole rings is 1. The number of rotatable bonds is 6. The number of hydrogen-bond acceptors (Lipinski definition) is 5. The van der Waals surface area contributed by atoms with Gasteiger partial charge < -0.3 is 10.3 Å². The maximum atomic E-state index is 12.6. The smallest absolute Gasteiger partial charge is 0.271 e. The van der Waals surface area contributed by atoms with Gasteiger partial charge in [-0.15, -0.1) is 0 Å². The summed E-state index contributed by atoms with van der Waals surface area (Å²) < 4.78 is 25.4. The Labute approximate surface area is 169 Å². The van der Waals surface area contributed by atoms with E-state index in [1.165, 1.54) is 0 Å². The number of H-pyrrole nitrogens is 1. The van der Waals surface area contributed by atoms with Gasteiger partial charge in [-0.1, -0.05) is 26.0 Å². The van der Waals surface area contributed by atoms with Gasteiger partial charge in [0.1, 0.15) is 11.5 Å². The van der Waals surface area contributed by atoms with Gasteiger partial charge in [0.15, 0.2) is 9.84 Å². The molecule has 154 valence electrons. The molecule has 9 heteroatoms. The molecular formula is C20H25N5O3S. The van der Waals surface area contributed by atoms with Crippen LogP contribution < -0.4 is 5.32 Å². The van der Waals surface area contributed by atoms with E-state index in [0.717, 1.165) is 22.6 Å². The number of benzene rings is 1. The standard InChI is InChI=1S/C20H25N5O3S/c1-13(2)18-11-17(24-25(18)14-8-10-29(27,28)12-14)20(26)21-9-7-19-22-15-5-3-4-6-16(15)23-19/h3-6,11,13-14H,7-10,12H2,1-2H3,(H,21,26)(H,22,23). The van der Waals surface area contributed by atoms with Gasteiger partial charge >= 0.3 is 0 Å². The first-order valence-electron chi connectivity index (χ1n) is 9.84. The summed E-state index contributed by atoms with van der Waals surface area (Å²) in [5.41, 5.74) is 3.08. The Morgan fingerprint density at radius 2 is 2.14 bits per heavy atom. The Bertz CT molecular complexity index is 1110. The molecule has 1 saturated heterocycles. The summed E-state index contributed by atoms with van der Waals surface area (Å²) in [7, 11) is -3.02. The number of hydrogen-bond donors (Lipinski definition) is 2. The lowest BCUT2D eigenvalue weighted by Crippen LogP contribution is -2.26. The molecule has 29 heavy (non-hydrogen) atoms. The maximum Gasteiger partial charge on any atom is 0.271 e. The highest BCUT2D eigenvalue weighted by molar-refractivity contribution is 7.91. The molecular weight excluding hydrogens is 390 g/mol. The summed E-state index contributed by atoms with van der Waals surface area (Å²) in [4.78, 5) is 20.4. The Hall–Kier alpha value is -2.68. The molecule has 3 heterocycles. The van der Waals surface area contributed by atoms with Crippen LogP contribution in [0.1, 0.15) is 54.2 Å². The second-order valence-electron chi connectivity index (χ2n) is 7.82. The highest BCUT2D eigenvalue weighted by Crippen LogP contribution is 2.28. The Balaban J connectivity index is 1.43. The van der Waals surface area contributed by atoms with E-state index in [9.17, 15) is 13.2 Å². The second kappa shape index (κ2) is 7.62. The topological polar surface area (TPSA) is 110 Å². The third-order valence-corrected chi connectivity index (χ3v) is 6.98. The second-order valence-corrected chi connectivity index (χ2v) is 10.0. The van der Waals surface area contributed by atoms with Crippen molar-refractivity contribution in [3.05, 3.63) is 47.5 Å². The number of nitrogens with one attached hydrogen (secondary N) is 2. The summed E-state index contributed by atoms with van der Waals surface area (Å²) >= 11 is 0. The number of aromatic amines is 1. The number of aromatic nitrogens is 4. The van der Waals surface area contributed by atoms with Crippen LogP contribution in [0.4, 0.5) is 0 Å². The minimum atomic E-state index is -3.02. The lowest BCUT2D eigenvalue weighted by molar-refractivity contribution is 0.0948. The SMILES string of the molecule is CC(C)c1cc(C(=O)NCCc2nc3ccccc3[nH]2)nn1C1CCS(=O)(=O)C1. The molecule has 1 amide bonds. The molecule has 1 aliphatic heterocycles. The molecule has 0 bridgehead atoms. The molecule has 2 aromatic heterocycles. The van der Waals surface area contributed by atoms with Crippen LogP contribution in [-0.4, -0.2) is 52.1 Å². The first-order chi connectivity index (χ1) is 13.8. The number of nitrogens with zero attached hydrogens (tertiary/aromatic N) is 3. The first-order valence-corrected chi connectivity index (χ1v) is 11.7. The highest BCUT2D eigenvalue weighted by atomic mass is 32.2. The Kier molecular flexibility index (Phi) is 5.16. The molecule has 4 rings (SSSR count). The predicted molar refractivity (Wildman–Crippen MR) is 111 cm³/mol. The maximum absolute atomic E-state index is 12.6. The summed E-state index contributed by atoms with van der Waals surface area (Å²) in [6, 6.07) is 9.36. The average molecular weight is 416 g/mol. The lowest BCUT2D eigenvalue weighted by Gasteiger charge is -2.15. The van der Waals surface area contributed by atoms with Gasteiger partial charge in [-0.3, -0.25) is 9.48 Å². The van der Waals surface area contributed by atoms with Gasteiger partial charge in [0.05, 0.1) is 28.6 Å². The van der Waals surface area contributed by atoms with Crippen molar-refractivity contribution in [1.82, 2.24) is 25.1 Å². The van der Waals surface area contributed by atoms with Gasteiger partial charge in [0, 0.05) is 18.7 Å². The van der Waals surface area contributed by atoms with Crippen molar-refractivity contribution >= 4 is 26.8 Å². The Morgan fingerprint density at radius 1 is 1.34 bits per heavy atom. The van der Waals surface area contributed by atoms with Gasteiger partial charge in [-0.05, 0) is 30.5 Å². The highest BCUT2D eigenvalue weighted by Gasteiger charge is 2.32. The molecule has 8 nitrogen and oxygen atoms in total. The van der Waals surface area contributed by atoms with Crippen molar-refractivity contribution in [2.75, 3.05) is 18.1 Å². The van der Waals surface area contributed by atoms with E-state index < -0.39 is 9.84 Å². The predicted octanol–water partition coefficient (Wildman–Crippen LogP) is 2.21. The van der Waals surface area contributed by atoms with E-state index in [-0.39, 0.29) is 29.4 Å². The van der Waals surface area contributed by atoms with Crippen LogP contribution in [-0.2, 0) is 16.3 Å². The average Bonchev–Trinajstić information content (AvgIpc) is 3.36. The number of para-hydroxylation sites is 2. The molecule has 1 aliphatic rings. The zero-order chi connectivity index (χ0) is 20.6. The Morgan fingerprint density at radius 3 is 2.83 bits per heavy atom. The molecule has 1 atom stereocenters. The van der Waals surface area contributed by atoms with Gasteiger partial charge in [-0.2, -0.15) is 5.10 Å². The number of carbonyl (C=O) groups excluding carboxylic acids is 1. The molecule has 0 saturated carbocycles. The van der Waals surface area contributed by atoms with E-state index in [1.807, 2.05) is 38.1 Å². The molecule has 1 fully saturated rings. The van der Waals surface area contributed by atoms with Crippen molar-refractivity contribution in [3.8, 4) is 0 Å². The van der Waals surface area contributed by atoms with E-state index in [2.05, 4.69) is 20.4 Å². The van der Waals surface area contributed by atoms with E-state index >= 15 is 0 Å². The largest absolute Gasteiger partial charge is 0.350 e. The van der Waals surface area contributed by atoms with E-state index in [4.69, 9.17) is 0 Å². The third-order valence-electron chi connectivity index (χ3n) is 5.23. The molecule has 1 aromatic carbocycles. The lowest BCUT2D eigenvalue weighted by atomic mass is 10.1. The fraction of sp³-hybridized carbons (Fsp3) is 0.450. The number of carbonyl (C=O) groups is 1. The number of amides is 1. The summed E-state index contributed by atoms with van der Waals surface area (Å²) in [5, 5.41) is 7.34. The van der Waals surface area contributed by atoms with E-state index in [0.29, 0.717) is 25.1 Å². The van der Waals surface area contributed by atoms with Gasteiger partial charge in [0.2, 0.25) is 0 Å². The van der Waals surface area contributed by atoms with Gasteiger partial charge in [-0.25, -0.2) is 13.4 Å². The number of sulfone groups is 1. The van der Waals surface area contributed by atoms with Crippen LogP contribution >= 0.6 is 0 Å². The molecule has 2 N–H and O–H groups in total. The van der Waals surface area contributed by atoms with Crippen LogP contribution in [0.5, 0.6) is 0 Å². The fourth-order valence-electron chi connectivity index (χ4n) is 3.72. The summed E-state index contributed by atoms with van der Waals surface area (Å²) in [5.74, 6) is 0.955. The van der Waals surface area contributed by atoms with Crippen LogP contribution in [0.3, 0.4) is 0 Å². The fourth-order valence-corrected chi connectivity index (χ4v) is 5.41. The molecule has 0 radical (unpaired) electrons. The quantitative estimate of drug-likeness (QED) is 0.641. The van der Waals surface area contributed by atoms with Crippen molar-refractivity contribution in [2.45, 2.75) is 38.6 Å². The zero-order valence-corrected chi connectivity index (χ0v) is 17.4. The minimum absolute atomic E-state index is 0.0848. The third kappa shape index (κ3) is 4.19. The normalized spacial score (nSPS) is 18.5. The van der Waals surface area contributed by atoms with Gasteiger partial charge in [0.25, 0.3) is 5.91 Å².